The Morgan fingerprint density at radius 3 is 1.11 bits per heavy atom. The molecule has 1 aliphatic carbocycles. The average Bonchev–Trinajstić information content (AvgIpc) is 3.58. The number of ether oxygens (including phenoxy) is 1. The first-order valence-corrected chi connectivity index (χ1v) is 21.6. The molecule has 0 heterocycles. The molecular formula is C57H49F3N2O. The van der Waals surface area contributed by atoms with Gasteiger partial charge in [0.05, 0.1) is 11.4 Å². The number of alkyl halides is 3. The fourth-order valence-electron chi connectivity index (χ4n) is 9.37. The van der Waals surface area contributed by atoms with Crippen LogP contribution < -0.4 is 15.4 Å². The minimum absolute atomic E-state index is 0.233. The zero-order chi connectivity index (χ0) is 43.7. The second-order valence-electron chi connectivity index (χ2n) is 16.9. The van der Waals surface area contributed by atoms with Crippen LogP contribution in [-0.2, 0) is 0 Å². The van der Waals surface area contributed by atoms with Gasteiger partial charge in [0, 0.05) is 39.7 Å². The van der Waals surface area contributed by atoms with Crippen molar-refractivity contribution >= 4 is 33.5 Å². The zero-order valence-corrected chi connectivity index (χ0v) is 35.7. The van der Waals surface area contributed by atoms with E-state index < -0.39 is 18.2 Å². The third-order valence-corrected chi connectivity index (χ3v) is 12.1. The van der Waals surface area contributed by atoms with Gasteiger partial charge in [-0.25, -0.2) is 0 Å². The van der Waals surface area contributed by atoms with Crippen molar-refractivity contribution in [3.05, 3.63) is 244 Å². The van der Waals surface area contributed by atoms with Crippen LogP contribution in [0.25, 0.3) is 22.2 Å². The molecule has 2 N–H and O–H groups in total. The highest BCUT2D eigenvalue weighted by molar-refractivity contribution is 6.18. The van der Waals surface area contributed by atoms with Crippen LogP contribution in [0.5, 0.6) is 5.75 Å². The number of anilines is 2. The van der Waals surface area contributed by atoms with E-state index in [1.807, 2.05) is 121 Å². The lowest BCUT2D eigenvalue weighted by molar-refractivity contribution is -0.274. The number of para-hydroxylation sites is 1. The third kappa shape index (κ3) is 8.34. The number of halogens is 3. The molecule has 0 fully saturated rings. The number of hydrogen-bond donors (Lipinski definition) is 2. The summed E-state index contributed by atoms with van der Waals surface area (Å²) in [4.78, 5) is 0. The largest absolute Gasteiger partial charge is 0.573 e. The van der Waals surface area contributed by atoms with E-state index >= 15 is 0 Å². The number of rotatable bonds is 13. The lowest BCUT2D eigenvalue weighted by atomic mass is 9.78. The predicted molar refractivity (Wildman–Crippen MR) is 253 cm³/mol. The summed E-state index contributed by atoms with van der Waals surface area (Å²) in [6, 6.07) is 62.4. The molecule has 6 heteroatoms. The van der Waals surface area contributed by atoms with Gasteiger partial charge in [0.15, 0.2) is 0 Å². The maximum absolute atomic E-state index is 14.6. The Labute approximate surface area is 367 Å². The molecule has 3 nitrogen and oxygen atoms in total. The third-order valence-electron chi connectivity index (χ3n) is 12.1. The van der Waals surface area contributed by atoms with E-state index in [9.17, 15) is 13.2 Å². The van der Waals surface area contributed by atoms with E-state index in [0.717, 1.165) is 61.2 Å². The van der Waals surface area contributed by atoms with Crippen LogP contribution in [0.1, 0.15) is 107 Å². The van der Waals surface area contributed by atoms with Crippen LogP contribution in [0.3, 0.4) is 0 Å². The smallest absolute Gasteiger partial charge is 0.406 e. The summed E-state index contributed by atoms with van der Waals surface area (Å²) in [5.74, 6) is -0.815. The molecule has 0 saturated heterocycles. The van der Waals surface area contributed by atoms with Crippen LogP contribution in [0, 0.1) is 0 Å². The maximum Gasteiger partial charge on any atom is 0.573 e. The normalized spacial score (nSPS) is 12.6. The van der Waals surface area contributed by atoms with E-state index in [0.29, 0.717) is 16.8 Å². The first-order chi connectivity index (χ1) is 30.6. The maximum atomic E-state index is 14.6. The standard InChI is InChI=1S/C57H49F3N2O/c1-36(2)44-30-19-31-45(37(3)4)53(44)61-55-46-32-17-28-42-29-18-33-47(52(42)46)56(55)62-54-48(50(38-20-9-5-10-21-38)39-22-11-6-12-23-39)34-43(63-57(58,59)60)35-49(54)51(40-24-13-7-14-25-40)41-26-15-8-16-27-41/h5-37,50-51,61-62H,1-4H3. The van der Waals surface area contributed by atoms with Crippen molar-refractivity contribution in [1.82, 2.24) is 0 Å². The lowest BCUT2D eigenvalue weighted by Crippen LogP contribution is -2.19. The monoisotopic (exact) mass is 834 g/mol. The van der Waals surface area contributed by atoms with Gasteiger partial charge in [-0.3, -0.25) is 0 Å². The quantitative estimate of drug-likeness (QED) is 0.114. The second kappa shape index (κ2) is 17.4. The minimum Gasteiger partial charge on any atom is -0.406 e. The molecule has 0 bridgehead atoms. The van der Waals surface area contributed by atoms with Crippen LogP contribution >= 0.6 is 0 Å². The number of benzene rings is 8. The van der Waals surface area contributed by atoms with E-state index in [1.54, 1.807) is 12.1 Å². The Morgan fingerprint density at radius 1 is 0.413 bits per heavy atom. The topological polar surface area (TPSA) is 33.3 Å². The molecule has 0 aliphatic heterocycles. The highest BCUT2D eigenvalue weighted by Crippen LogP contribution is 2.50. The van der Waals surface area contributed by atoms with Gasteiger partial charge in [0.2, 0.25) is 0 Å². The van der Waals surface area contributed by atoms with Gasteiger partial charge >= 0.3 is 6.36 Å². The van der Waals surface area contributed by atoms with Crippen LogP contribution in [-0.4, -0.2) is 6.36 Å². The van der Waals surface area contributed by atoms with E-state index in [2.05, 4.69) is 92.9 Å². The van der Waals surface area contributed by atoms with E-state index in [1.165, 1.54) is 11.1 Å². The molecule has 0 saturated carbocycles. The molecule has 9 rings (SSSR count). The molecule has 8 aromatic rings. The van der Waals surface area contributed by atoms with Gasteiger partial charge in [-0.05, 0) is 73.9 Å². The number of nitrogens with one attached hydrogen (secondary N) is 2. The SMILES string of the molecule is CC(C)c1cccc(C(C)C)c1NC1=C(Nc2c(C(c3ccccc3)c3ccccc3)cc(OC(F)(F)F)cc2C(c2ccccc2)c2ccccc2)c2cccc3cccc1c23. The van der Waals surface area contributed by atoms with Gasteiger partial charge < -0.3 is 15.4 Å². The highest BCUT2D eigenvalue weighted by Gasteiger charge is 2.35. The van der Waals surface area contributed by atoms with Gasteiger partial charge in [-0.1, -0.05) is 204 Å². The molecule has 63 heavy (non-hydrogen) atoms. The average molecular weight is 835 g/mol. The lowest BCUT2D eigenvalue weighted by Gasteiger charge is -2.30. The van der Waals surface area contributed by atoms with Gasteiger partial charge in [0.1, 0.15) is 5.75 Å². The molecule has 0 spiro atoms. The molecule has 0 radical (unpaired) electrons. The Hall–Kier alpha value is -7.05. The van der Waals surface area contributed by atoms with Crippen molar-refractivity contribution in [2.24, 2.45) is 0 Å². The Kier molecular flexibility index (Phi) is 11.4. The van der Waals surface area contributed by atoms with Crippen LogP contribution in [0.4, 0.5) is 24.5 Å². The molecule has 1 aliphatic rings. The van der Waals surface area contributed by atoms with Gasteiger partial charge in [-0.15, -0.1) is 13.2 Å². The molecule has 314 valence electrons. The van der Waals surface area contributed by atoms with Crippen molar-refractivity contribution in [1.29, 1.82) is 0 Å². The molecular weight excluding hydrogens is 786 g/mol. The molecule has 8 aromatic carbocycles. The van der Waals surface area contributed by atoms with Crippen molar-refractivity contribution < 1.29 is 17.9 Å². The fourth-order valence-corrected chi connectivity index (χ4v) is 9.37. The minimum atomic E-state index is -4.94. The molecule has 0 amide bonds. The predicted octanol–water partition coefficient (Wildman–Crippen LogP) is 15.7. The van der Waals surface area contributed by atoms with Crippen molar-refractivity contribution in [2.75, 3.05) is 10.6 Å². The van der Waals surface area contributed by atoms with Crippen LogP contribution in [0.15, 0.2) is 188 Å². The van der Waals surface area contributed by atoms with Crippen molar-refractivity contribution in [3.8, 4) is 5.75 Å². The summed E-state index contributed by atoms with van der Waals surface area (Å²) in [7, 11) is 0. The Morgan fingerprint density at radius 2 is 0.762 bits per heavy atom. The van der Waals surface area contributed by atoms with Crippen LogP contribution in [0.2, 0.25) is 0 Å². The van der Waals surface area contributed by atoms with Gasteiger partial charge in [-0.2, -0.15) is 0 Å². The van der Waals surface area contributed by atoms with Gasteiger partial charge in [0.25, 0.3) is 0 Å². The summed E-state index contributed by atoms with van der Waals surface area (Å²) in [5, 5.41) is 10.3. The molecule has 0 atom stereocenters. The Bertz CT molecular complexity index is 2690. The van der Waals surface area contributed by atoms with E-state index in [4.69, 9.17) is 4.74 Å². The van der Waals surface area contributed by atoms with E-state index in [-0.39, 0.29) is 17.6 Å². The first kappa shape index (κ1) is 41.3. The van der Waals surface area contributed by atoms with Crippen molar-refractivity contribution in [2.45, 2.75) is 57.7 Å². The summed E-state index contributed by atoms with van der Waals surface area (Å²) in [6.45, 7) is 8.86. The zero-order valence-electron chi connectivity index (χ0n) is 35.7. The molecule has 0 unspecified atom stereocenters. The summed E-state index contributed by atoms with van der Waals surface area (Å²) >= 11 is 0. The summed E-state index contributed by atoms with van der Waals surface area (Å²) in [6.07, 6.45) is -4.94. The first-order valence-electron chi connectivity index (χ1n) is 21.6. The molecule has 0 aromatic heterocycles. The Balaban J connectivity index is 1.40. The summed E-state index contributed by atoms with van der Waals surface area (Å²) < 4.78 is 48.7. The fraction of sp³-hybridized carbons (Fsp3) is 0.158. The summed E-state index contributed by atoms with van der Waals surface area (Å²) in [5.41, 5.74) is 12.9. The highest BCUT2D eigenvalue weighted by atomic mass is 19.4. The second-order valence-corrected chi connectivity index (χ2v) is 16.9. The van der Waals surface area contributed by atoms with Crippen molar-refractivity contribution in [3.63, 3.8) is 0 Å². The number of hydrogen-bond acceptors (Lipinski definition) is 3.